The zero-order valence-corrected chi connectivity index (χ0v) is 18.9. The Bertz CT molecular complexity index is 954. The van der Waals surface area contributed by atoms with Crippen LogP contribution in [0, 0.1) is 25.2 Å². The number of nitrogens with one attached hydrogen (secondary N) is 1. The fourth-order valence-corrected chi connectivity index (χ4v) is 4.40. The maximum atomic E-state index is 12.5. The van der Waals surface area contributed by atoms with Crippen LogP contribution in [0.3, 0.4) is 0 Å². The van der Waals surface area contributed by atoms with E-state index in [-0.39, 0.29) is 17.6 Å². The fraction of sp³-hybridized carbons (Fsp3) is 0.391. The molecule has 1 unspecified atom stereocenters. The largest absolute Gasteiger partial charge is 0.376 e. The highest BCUT2D eigenvalue weighted by Gasteiger charge is 2.19. The molecular formula is C23H26ClN3O2S. The molecule has 0 spiro atoms. The SMILES string of the molecule is Cc1cc(/C=C(\C#N)C(=O)NCCSc2ccc(Cl)cc2)c(C)n1CC1CCCO1. The molecule has 1 fully saturated rings. The van der Waals surface area contributed by atoms with Crippen LogP contribution in [0.4, 0.5) is 0 Å². The number of thioether (sulfide) groups is 1. The summed E-state index contributed by atoms with van der Waals surface area (Å²) < 4.78 is 7.95. The van der Waals surface area contributed by atoms with Crippen LogP contribution in [0.5, 0.6) is 0 Å². The maximum Gasteiger partial charge on any atom is 0.261 e. The van der Waals surface area contributed by atoms with Crippen LogP contribution in [0.2, 0.25) is 5.02 Å². The number of amides is 1. The minimum absolute atomic E-state index is 0.115. The Kier molecular flexibility index (Phi) is 8.03. The quantitative estimate of drug-likeness (QED) is 0.276. The number of ether oxygens (including phenoxy) is 1. The van der Waals surface area contributed by atoms with Crippen LogP contribution < -0.4 is 5.32 Å². The molecular weight excluding hydrogens is 418 g/mol. The molecule has 30 heavy (non-hydrogen) atoms. The third-order valence-corrected chi connectivity index (χ3v) is 6.42. The third-order valence-electron chi connectivity index (χ3n) is 5.16. The number of halogens is 1. The molecule has 1 aliphatic heterocycles. The standard InChI is InChI=1S/C23H26ClN3O2S/c1-16-12-18(17(2)27(16)15-21-4-3-10-29-21)13-19(14-25)23(28)26-9-11-30-22-7-5-20(24)6-8-22/h5-8,12-13,21H,3-4,9-11,15H2,1-2H3,(H,26,28)/b19-13+. The summed E-state index contributed by atoms with van der Waals surface area (Å²) in [7, 11) is 0. The van der Waals surface area contributed by atoms with E-state index in [4.69, 9.17) is 16.3 Å². The molecule has 0 saturated carbocycles. The first-order chi connectivity index (χ1) is 14.5. The first-order valence-electron chi connectivity index (χ1n) is 10.0. The molecule has 2 aromatic rings. The van der Waals surface area contributed by atoms with Crippen molar-refractivity contribution in [3.63, 3.8) is 0 Å². The van der Waals surface area contributed by atoms with Crippen LogP contribution in [-0.2, 0) is 16.1 Å². The van der Waals surface area contributed by atoms with E-state index in [9.17, 15) is 10.1 Å². The van der Waals surface area contributed by atoms with Crippen molar-refractivity contribution in [1.29, 1.82) is 5.26 Å². The molecule has 1 aliphatic rings. The van der Waals surface area contributed by atoms with E-state index in [0.29, 0.717) is 17.3 Å². The summed E-state index contributed by atoms with van der Waals surface area (Å²) in [6, 6.07) is 11.6. The average Bonchev–Trinajstić information content (AvgIpc) is 3.34. The number of carbonyl (C=O) groups excluding carboxylic acids is 1. The summed E-state index contributed by atoms with van der Waals surface area (Å²) in [5, 5.41) is 13.0. The highest BCUT2D eigenvalue weighted by molar-refractivity contribution is 7.99. The molecule has 158 valence electrons. The topological polar surface area (TPSA) is 67.0 Å². The second-order valence-electron chi connectivity index (χ2n) is 7.30. The molecule has 0 bridgehead atoms. The Balaban J connectivity index is 1.58. The van der Waals surface area contributed by atoms with Crippen molar-refractivity contribution in [2.75, 3.05) is 18.9 Å². The number of aryl methyl sites for hydroxylation is 1. The van der Waals surface area contributed by atoms with Gasteiger partial charge in [0, 0.05) is 46.8 Å². The van der Waals surface area contributed by atoms with E-state index < -0.39 is 0 Å². The third kappa shape index (κ3) is 5.91. The molecule has 1 amide bonds. The van der Waals surface area contributed by atoms with Gasteiger partial charge in [-0.05, 0) is 68.7 Å². The van der Waals surface area contributed by atoms with E-state index in [0.717, 1.165) is 47.8 Å². The van der Waals surface area contributed by atoms with Gasteiger partial charge in [0.1, 0.15) is 11.6 Å². The maximum absolute atomic E-state index is 12.5. The number of nitriles is 1. The van der Waals surface area contributed by atoms with Gasteiger partial charge >= 0.3 is 0 Å². The van der Waals surface area contributed by atoms with E-state index >= 15 is 0 Å². The van der Waals surface area contributed by atoms with Gasteiger partial charge in [0.15, 0.2) is 0 Å². The number of benzene rings is 1. The van der Waals surface area contributed by atoms with Crippen molar-refractivity contribution in [2.24, 2.45) is 0 Å². The predicted molar refractivity (Wildman–Crippen MR) is 122 cm³/mol. The Morgan fingerprint density at radius 3 is 2.83 bits per heavy atom. The number of aromatic nitrogens is 1. The van der Waals surface area contributed by atoms with Crippen molar-refractivity contribution in [1.82, 2.24) is 9.88 Å². The average molecular weight is 444 g/mol. The van der Waals surface area contributed by atoms with Crippen LogP contribution in [0.1, 0.15) is 29.8 Å². The second-order valence-corrected chi connectivity index (χ2v) is 8.90. The minimum Gasteiger partial charge on any atom is -0.376 e. The van der Waals surface area contributed by atoms with Gasteiger partial charge in [0.25, 0.3) is 5.91 Å². The van der Waals surface area contributed by atoms with E-state index in [1.54, 1.807) is 17.8 Å². The first kappa shape index (κ1) is 22.5. The van der Waals surface area contributed by atoms with Gasteiger partial charge in [0.2, 0.25) is 0 Å². The summed E-state index contributed by atoms with van der Waals surface area (Å²) in [6.45, 7) is 6.17. The van der Waals surface area contributed by atoms with Crippen molar-refractivity contribution < 1.29 is 9.53 Å². The molecule has 1 atom stereocenters. The van der Waals surface area contributed by atoms with Gasteiger partial charge < -0.3 is 14.6 Å². The van der Waals surface area contributed by atoms with Crippen LogP contribution in [0.15, 0.2) is 40.8 Å². The first-order valence-corrected chi connectivity index (χ1v) is 11.4. The van der Waals surface area contributed by atoms with Crippen LogP contribution >= 0.6 is 23.4 Å². The highest BCUT2D eigenvalue weighted by atomic mass is 35.5. The molecule has 1 saturated heterocycles. The van der Waals surface area contributed by atoms with E-state index in [1.807, 2.05) is 50.2 Å². The zero-order chi connectivity index (χ0) is 21.5. The molecule has 5 nitrogen and oxygen atoms in total. The number of carbonyl (C=O) groups is 1. The van der Waals surface area contributed by atoms with Crippen LogP contribution in [0.25, 0.3) is 6.08 Å². The summed E-state index contributed by atoms with van der Waals surface area (Å²) in [6.07, 6.45) is 4.09. The molecule has 7 heteroatoms. The number of rotatable bonds is 8. The predicted octanol–water partition coefficient (Wildman–Crippen LogP) is 4.75. The lowest BCUT2D eigenvalue weighted by Crippen LogP contribution is -2.26. The highest BCUT2D eigenvalue weighted by Crippen LogP contribution is 2.22. The van der Waals surface area contributed by atoms with Crippen molar-refractivity contribution >= 4 is 35.3 Å². The Morgan fingerprint density at radius 1 is 1.40 bits per heavy atom. The van der Waals surface area contributed by atoms with Gasteiger partial charge in [0.05, 0.1) is 6.10 Å². The molecule has 0 aliphatic carbocycles. The van der Waals surface area contributed by atoms with Crippen molar-refractivity contribution in [3.05, 3.63) is 57.9 Å². The number of hydrogen-bond donors (Lipinski definition) is 1. The van der Waals surface area contributed by atoms with Crippen LogP contribution in [-0.4, -0.2) is 35.5 Å². The number of nitrogens with zero attached hydrogens (tertiary/aromatic N) is 2. The zero-order valence-electron chi connectivity index (χ0n) is 17.3. The van der Waals surface area contributed by atoms with Gasteiger partial charge in [-0.1, -0.05) is 11.6 Å². The molecule has 3 rings (SSSR count). The summed E-state index contributed by atoms with van der Waals surface area (Å²) >= 11 is 7.51. The molecule has 0 radical (unpaired) electrons. The molecule has 1 aromatic carbocycles. The van der Waals surface area contributed by atoms with Gasteiger partial charge in [-0.15, -0.1) is 11.8 Å². The molecule has 1 aromatic heterocycles. The smallest absolute Gasteiger partial charge is 0.261 e. The normalized spacial score (nSPS) is 16.5. The van der Waals surface area contributed by atoms with E-state index in [2.05, 4.69) is 9.88 Å². The lowest BCUT2D eigenvalue weighted by atomic mass is 10.1. The summed E-state index contributed by atoms with van der Waals surface area (Å²) in [5.41, 5.74) is 3.16. The van der Waals surface area contributed by atoms with Gasteiger partial charge in [-0.3, -0.25) is 4.79 Å². The molecule has 1 N–H and O–H groups in total. The van der Waals surface area contributed by atoms with Crippen molar-refractivity contribution in [3.8, 4) is 6.07 Å². The minimum atomic E-state index is -0.349. The molecule has 2 heterocycles. The lowest BCUT2D eigenvalue weighted by molar-refractivity contribution is -0.116. The number of hydrogen-bond acceptors (Lipinski definition) is 4. The van der Waals surface area contributed by atoms with Crippen molar-refractivity contribution in [2.45, 2.75) is 44.2 Å². The monoisotopic (exact) mass is 443 g/mol. The fourth-order valence-electron chi connectivity index (χ4n) is 3.51. The Hall–Kier alpha value is -2.20. The second kappa shape index (κ2) is 10.7. The van der Waals surface area contributed by atoms with E-state index in [1.165, 1.54) is 0 Å². The lowest BCUT2D eigenvalue weighted by Gasteiger charge is -2.14. The van der Waals surface area contributed by atoms with Gasteiger partial charge in [-0.2, -0.15) is 5.26 Å². The summed E-state index contributed by atoms with van der Waals surface area (Å²) in [5.74, 6) is 0.361. The Morgan fingerprint density at radius 2 is 2.17 bits per heavy atom. The Labute approximate surface area is 187 Å². The summed E-state index contributed by atoms with van der Waals surface area (Å²) in [4.78, 5) is 13.5. The van der Waals surface area contributed by atoms with Gasteiger partial charge in [-0.25, -0.2) is 0 Å².